The average molecular weight is 203 g/mol. The number of ether oxygens (including phenoxy) is 1. The lowest BCUT2D eigenvalue weighted by Gasteiger charge is -2.17. The van der Waals surface area contributed by atoms with Crippen molar-refractivity contribution in [3.63, 3.8) is 0 Å². The predicted octanol–water partition coefficient (Wildman–Crippen LogP) is 1.69. The van der Waals surface area contributed by atoms with Crippen molar-refractivity contribution in [2.45, 2.75) is 13.5 Å². The number of nitrogens with one attached hydrogen (secondary N) is 1. The van der Waals surface area contributed by atoms with Gasteiger partial charge in [-0.15, -0.1) is 0 Å². The Kier molecular flexibility index (Phi) is 2.72. The van der Waals surface area contributed by atoms with Gasteiger partial charge in [0, 0.05) is 6.54 Å². The monoisotopic (exact) mass is 203 g/mol. The van der Waals surface area contributed by atoms with Gasteiger partial charge in [-0.3, -0.25) is 0 Å². The topological polar surface area (TPSA) is 38.3 Å². The Morgan fingerprint density at radius 1 is 1.47 bits per heavy atom. The molecule has 2 rings (SSSR count). The largest absolute Gasteiger partial charge is 0.461 e. The molecular formula is C12H13NO2. The Morgan fingerprint density at radius 3 is 3.07 bits per heavy atom. The minimum absolute atomic E-state index is 0.285. The second-order valence-corrected chi connectivity index (χ2v) is 3.33. The van der Waals surface area contributed by atoms with Crippen LogP contribution in [0.15, 0.2) is 30.0 Å². The van der Waals surface area contributed by atoms with Crippen LogP contribution in [0, 0.1) is 0 Å². The van der Waals surface area contributed by atoms with Gasteiger partial charge in [-0.05, 0) is 24.1 Å². The lowest BCUT2D eigenvalue weighted by atomic mass is 10.0. The van der Waals surface area contributed by atoms with E-state index in [9.17, 15) is 4.79 Å². The molecule has 0 unspecified atom stereocenters. The minimum Gasteiger partial charge on any atom is -0.461 e. The zero-order valence-electron chi connectivity index (χ0n) is 8.62. The van der Waals surface area contributed by atoms with Crippen LogP contribution in [0.2, 0.25) is 0 Å². The molecule has 0 saturated carbocycles. The van der Waals surface area contributed by atoms with Crippen LogP contribution in [-0.2, 0) is 16.1 Å². The highest BCUT2D eigenvalue weighted by atomic mass is 16.5. The second-order valence-electron chi connectivity index (χ2n) is 3.33. The van der Waals surface area contributed by atoms with Crippen LogP contribution >= 0.6 is 0 Å². The van der Waals surface area contributed by atoms with E-state index in [2.05, 4.69) is 5.32 Å². The maximum absolute atomic E-state index is 11.5. The molecule has 0 bridgehead atoms. The number of carbonyl (C=O) groups excluding carboxylic acids is 1. The Labute approximate surface area is 88.8 Å². The number of hydrogen-bond donors (Lipinski definition) is 1. The zero-order chi connectivity index (χ0) is 10.7. The summed E-state index contributed by atoms with van der Waals surface area (Å²) in [5, 5.41) is 3.05. The molecule has 0 saturated heterocycles. The quantitative estimate of drug-likeness (QED) is 0.743. The molecule has 1 aliphatic heterocycles. The van der Waals surface area contributed by atoms with Gasteiger partial charge in [0.15, 0.2) is 0 Å². The Balaban J connectivity index is 2.25. The summed E-state index contributed by atoms with van der Waals surface area (Å²) in [6, 6.07) is 7.99. The standard InChI is InChI=1S/C12H13NO2/c1-2-15-12(14)11-7-9-5-3-4-6-10(9)8-13-11/h3-7,13H,2,8H2,1H3. The van der Waals surface area contributed by atoms with Gasteiger partial charge in [0.25, 0.3) is 0 Å². The van der Waals surface area contributed by atoms with Gasteiger partial charge in [-0.25, -0.2) is 4.79 Å². The van der Waals surface area contributed by atoms with Gasteiger partial charge in [0.05, 0.1) is 6.61 Å². The van der Waals surface area contributed by atoms with Crippen LogP contribution in [0.3, 0.4) is 0 Å². The minimum atomic E-state index is -0.285. The second kappa shape index (κ2) is 4.17. The molecule has 78 valence electrons. The van der Waals surface area contributed by atoms with E-state index >= 15 is 0 Å². The van der Waals surface area contributed by atoms with Crippen molar-refractivity contribution >= 4 is 12.0 Å². The number of hydrogen-bond acceptors (Lipinski definition) is 3. The Hall–Kier alpha value is -1.77. The Morgan fingerprint density at radius 2 is 2.27 bits per heavy atom. The van der Waals surface area contributed by atoms with Crippen LogP contribution in [0.4, 0.5) is 0 Å². The van der Waals surface area contributed by atoms with Gasteiger partial charge in [0.2, 0.25) is 0 Å². The van der Waals surface area contributed by atoms with E-state index in [1.165, 1.54) is 5.56 Å². The molecule has 3 heteroatoms. The first-order chi connectivity index (χ1) is 7.31. The SMILES string of the molecule is CCOC(=O)C1=Cc2ccccc2CN1. The van der Waals surface area contributed by atoms with Crippen molar-refractivity contribution in [3.8, 4) is 0 Å². The maximum Gasteiger partial charge on any atom is 0.354 e. The molecule has 1 aromatic carbocycles. The van der Waals surface area contributed by atoms with Crippen LogP contribution < -0.4 is 5.32 Å². The van der Waals surface area contributed by atoms with E-state index in [0.29, 0.717) is 18.8 Å². The molecule has 1 N–H and O–H groups in total. The normalized spacial score (nSPS) is 13.5. The maximum atomic E-state index is 11.5. The molecule has 0 atom stereocenters. The van der Waals surface area contributed by atoms with Gasteiger partial charge in [0.1, 0.15) is 5.70 Å². The van der Waals surface area contributed by atoms with Crippen molar-refractivity contribution in [1.82, 2.24) is 5.32 Å². The first-order valence-corrected chi connectivity index (χ1v) is 5.02. The lowest BCUT2D eigenvalue weighted by Crippen LogP contribution is -2.25. The van der Waals surface area contributed by atoms with Crippen LogP contribution in [0.5, 0.6) is 0 Å². The summed E-state index contributed by atoms with van der Waals surface area (Å²) in [7, 11) is 0. The molecule has 0 aliphatic carbocycles. The lowest BCUT2D eigenvalue weighted by molar-refractivity contribution is -0.138. The molecule has 15 heavy (non-hydrogen) atoms. The third-order valence-corrected chi connectivity index (χ3v) is 2.32. The molecule has 0 fully saturated rings. The van der Waals surface area contributed by atoms with Crippen LogP contribution in [0.1, 0.15) is 18.1 Å². The summed E-state index contributed by atoms with van der Waals surface area (Å²) < 4.78 is 4.93. The van der Waals surface area contributed by atoms with Crippen molar-refractivity contribution in [2.24, 2.45) is 0 Å². The summed E-state index contributed by atoms with van der Waals surface area (Å²) in [5.41, 5.74) is 2.82. The summed E-state index contributed by atoms with van der Waals surface area (Å²) in [6.07, 6.45) is 1.83. The van der Waals surface area contributed by atoms with Gasteiger partial charge < -0.3 is 10.1 Å². The summed E-state index contributed by atoms with van der Waals surface area (Å²) in [5.74, 6) is -0.285. The third kappa shape index (κ3) is 2.01. The fourth-order valence-electron chi connectivity index (χ4n) is 1.57. The summed E-state index contributed by atoms with van der Waals surface area (Å²) in [6.45, 7) is 2.88. The number of carbonyl (C=O) groups is 1. The van der Waals surface area contributed by atoms with Crippen LogP contribution in [-0.4, -0.2) is 12.6 Å². The van der Waals surface area contributed by atoms with E-state index < -0.39 is 0 Å². The number of benzene rings is 1. The number of rotatable bonds is 2. The first-order valence-electron chi connectivity index (χ1n) is 5.02. The van der Waals surface area contributed by atoms with Crippen LogP contribution in [0.25, 0.3) is 6.08 Å². The molecule has 0 aromatic heterocycles. The van der Waals surface area contributed by atoms with Crippen molar-refractivity contribution in [2.75, 3.05) is 6.61 Å². The molecule has 0 spiro atoms. The van der Waals surface area contributed by atoms with Gasteiger partial charge in [-0.1, -0.05) is 24.3 Å². The van der Waals surface area contributed by atoms with E-state index in [4.69, 9.17) is 4.74 Å². The molecule has 3 nitrogen and oxygen atoms in total. The van der Waals surface area contributed by atoms with Crippen molar-refractivity contribution in [1.29, 1.82) is 0 Å². The zero-order valence-corrected chi connectivity index (χ0v) is 8.62. The van der Waals surface area contributed by atoms with Crippen molar-refractivity contribution < 1.29 is 9.53 Å². The highest BCUT2D eigenvalue weighted by Gasteiger charge is 2.15. The molecule has 1 heterocycles. The highest BCUT2D eigenvalue weighted by Crippen LogP contribution is 2.17. The van der Waals surface area contributed by atoms with E-state index in [1.54, 1.807) is 6.92 Å². The van der Waals surface area contributed by atoms with E-state index in [0.717, 1.165) is 5.56 Å². The van der Waals surface area contributed by atoms with Gasteiger partial charge >= 0.3 is 5.97 Å². The Bertz CT molecular complexity index is 410. The molecule has 0 amide bonds. The summed E-state index contributed by atoms with van der Waals surface area (Å²) in [4.78, 5) is 11.5. The predicted molar refractivity (Wildman–Crippen MR) is 57.9 cm³/mol. The average Bonchev–Trinajstić information content (AvgIpc) is 2.29. The molecule has 1 aliphatic rings. The van der Waals surface area contributed by atoms with E-state index in [1.807, 2.05) is 30.3 Å². The number of esters is 1. The van der Waals surface area contributed by atoms with E-state index in [-0.39, 0.29) is 5.97 Å². The first kappa shape index (κ1) is 9.77. The van der Waals surface area contributed by atoms with Gasteiger partial charge in [-0.2, -0.15) is 0 Å². The highest BCUT2D eigenvalue weighted by molar-refractivity contribution is 5.93. The number of fused-ring (bicyclic) bond motifs is 1. The fraction of sp³-hybridized carbons (Fsp3) is 0.250. The van der Waals surface area contributed by atoms with Crippen molar-refractivity contribution in [3.05, 3.63) is 41.1 Å². The molecule has 1 aromatic rings. The fourth-order valence-corrected chi connectivity index (χ4v) is 1.57. The molecular weight excluding hydrogens is 190 g/mol. The summed E-state index contributed by atoms with van der Waals surface area (Å²) >= 11 is 0. The molecule has 0 radical (unpaired) electrons. The smallest absolute Gasteiger partial charge is 0.354 e. The third-order valence-electron chi connectivity index (χ3n) is 2.32.